The topological polar surface area (TPSA) is 40.5 Å². The maximum Gasteiger partial charge on any atom is 0.328 e. The first-order chi connectivity index (χ1) is 9.06. The van der Waals surface area contributed by atoms with Gasteiger partial charge < -0.3 is 10.0 Å². The Labute approximate surface area is 112 Å². The standard InChI is InChI=1S/C15H16FNO2/c1-3-7-17(8-4-2)14-10-12(5-6-15(18)19)9-13(16)11-14/h1,5-6,9-11H,4,7-8H2,2H3,(H,18,19)/b6-5+. The van der Waals surface area contributed by atoms with Crippen molar-refractivity contribution in [2.24, 2.45) is 0 Å². The SMILES string of the molecule is C#CCN(CCC)c1cc(F)cc(/C=C/C(=O)O)c1. The largest absolute Gasteiger partial charge is 0.478 e. The van der Waals surface area contributed by atoms with E-state index in [-0.39, 0.29) is 0 Å². The molecular weight excluding hydrogens is 245 g/mol. The summed E-state index contributed by atoms with van der Waals surface area (Å²) in [6.07, 6.45) is 8.51. The molecule has 0 saturated carbocycles. The third-order valence-corrected chi connectivity index (χ3v) is 2.46. The fourth-order valence-corrected chi connectivity index (χ4v) is 1.72. The highest BCUT2D eigenvalue weighted by atomic mass is 19.1. The number of halogens is 1. The Balaban J connectivity index is 3.06. The highest BCUT2D eigenvalue weighted by molar-refractivity contribution is 5.85. The molecule has 0 saturated heterocycles. The van der Waals surface area contributed by atoms with Crippen molar-refractivity contribution in [3.8, 4) is 12.3 Å². The molecule has 1 rings (SSSR count). The van der Waals surface area contributed by atoms with Gasteiger partial charge >= 0.3 is 5.97 Å². The van der Waals surface area contributed by atoms with Gasteiger partial charge in [0, 0.05) is 18.3 Å². The molecule has 19 heavy (non-hydrogen) atoms. The molecule has 100 valence electrons. The van der Waals surface area contributed by atoms with Crippen LogP contribution in [0.5, 0.6) is 0 Å². The summed E-state index contributed by atoms with van der Waals surface area (Å²) in [5, 5.41) is 8.57. The van der Waals surface area contributed by atoms with Crippen molar-refractivity contribution in [1.29, 1.82) is 0 Å². The summed E-state index contributed by atoms with van der Waals surface area (Å²) in [7, 11) is 0. The normalized spacial score (nSPS) is 10.4. The van der Waals surface area contributed by atoms with Gasteiger partial charge in [-0.15, -0.1) is 6.42 Å². The van der Waals surface area contributed by atoms with E-state index in [9.17, 15) is 9.18 Å². The molecule has 1 aromatic rings. The number of benzene rings is 1. The van der Waals surface area contributed by atoms with Gasteiger partial charge in [-0.05, 0) is 36.3 Å². The number of rotatable bonds is 6. The van der Waals surface area contributed by atoms with E-state index in [1.54, 1.807) is 6.07 Å². The molecule has 0 aliphatic carbocycles. The zero-order valence-electron chi connectivity index (χ0n) is 10.8. The molecule has 0 fully saturated rings. The second-order valence-corrected chi connectivity index (χ2v) is 4.04. The lowest BCUT2D eigenvalue weighted by Crippen LogP contribution is -2.24. The number of carboxylic acids is 1. The lowest BCUT2D eigenvalue weighted by atomic mass is 10.1. The van der Waals surface area contributed by atoms with Crippen molar-refractivity contribution in [2.45, 2.75) is 13.3 Å². The van der Waals surface area contributed by atoms with Gasteiger partial charge in [-0.1, -0.05) is 12.8 Å². The van der Waals surface area contributed by atoms with Crippen LogP contribution in [-0.2, 0) is 4.79 Å². The van der Waals surface area contributed by atoms with Crippen LogP contribution in [0.4, 0.5) is 10.1 Å². The first-order valence-electron chi connectivity index (χ1n) is 5.96. The Morgan fingerprint density at radius 3 is 2.84 bits per heavy atom. The van der Waals surface area contributed by atoms with Crippen molar-refractivity contribution in [2.75, 3.05) is 18.0 Å². The number of anilines is 1. The molecule has 0 spiro atoms. The lowest BCUT2D eigenvalue weighted by Gasteiger charge is -2.22. The molecule has 3 nitrogen and oxygen atoms in total. The fourth-order valence-electron chi connectivity index (χ4n) is 1.72. The van der Waals surface area contributed by atoms with Crippen LogP contribution in [0.3, 0.4) is 0 Å². The number of terminal acetylenes is 1. The van der Waals surface area contributed by atoms with Crippen molar-refractivity contribution in [3.63, 3.8) is 0 Å². The summed E-state index contributed by atoms with van der Waals surface area (Å²) in [5.41, 5.74) is 1.15. The van der Waals surface area contributed by atoms with E-state index in [4.69, 9.17) is 11.5 Å². The molecule has 4 heteroatoms. The molecule has 0 amide bonds. The van der Waals surface area contributed by atoms with E-state index >= 15 is 0 Å². The Morgan fingerprint density at radius 2 is 2.26 bits per heavy atom. The molecule has 0 aliphatic rings. The molecule has 1 aromatic carbocycles. The third-order valence-electron chi connectivity index (χ3n) is 2.46. The Morgan fingerprint density at radius 1 is 1.53 bits per heavy atom. The van der Waals surface area contributed by atoms with Crippen molar-refractivity contribution < 1.29 is 14.3 Å². The fraction of sp³-hybridized carbons (Fsp3) is 0.267. The van der Waals surface area contributed by atoms with Crippen molar-refractivity contribution in [1.82, 2.24) is 0 Å². The van der Waals surface area contributed by atoms with Gasteiger partial charge in [-0.3, -0.25) is 0 Å². The van der Waals surface area contributed by atoms with Crippen LogP contribution in [0.25, 0.3) is 6.08 Å². The number of carboxylic acid groups (broad SMARTS) is 1. The van der Waals surface area contributed by atoms with Gasteiger partial charge in [0.2, 0.25) is 0 Å². The number of hydrogen-bond donors (Lipinski definition) is 1. The van der Waals surface area contributed by atoms with E-state index in [0.717, 1.165) is 19.0 Å². The molecule has 0 heterocycles. The first kappa shape index (κ1) is 14.8. The second kappa shape index (κ2) is 7.22. The second-order valence-electron chi connectivity index (χ2n) is 4.04. The van der Waals surface area contributed by atoms with Crippen LogP contribution < -0.4 is 4.90 Å². The number of carbonyl (C=O) groups is 1. The minimum Gasteiger partial charge on any atom is -0.478 e. The summed E-state index contributed by atoms with van der Waals surface area (Å²) >= 11 is 0. The summed E-state index contributed by atoms with van der Waals surface area (Å²) in [5.74, 6) is 1.05. The highest BCUT2D eigenvalue weighted by Gasteiger charge is 2.07. The predicted molar refractivity (Wildman–Crippen MR) is 74.4 cm³/mol. The lowest BCUT2D eigenvalue weighted by molar-refractivity contribution is -0.131. The molecule has 0 bridgehead atoms. The van der Waals surface area contributed by atoms with Crippen LogP contribution in [0.2, 0.25) is 0 Å². The van der Waals surface area contributed by atoms with E-state index in [2.05, 4.69) is 5.92 Å². The Bertz CT molecular complexity index is 517. The van der Waals surface area contributed by atoms with E-state index in [1.165, 1.54) is 18.2 Å². The van der Waals surface area contributed by atoms with Crippen molar-refractivity contribution in [3.05, 3.63) is 35.7 Å². The van der Waals surface area contributed by atoms with Crippen LogP contribution in [0.1, 0.15) is 18.9 Å². The average molecular weight is 261 g/mol. The Kier molecular flexibility index (Phi) is 5.62. The smallest absolute Gasteiger partial charge is 0.328 e. The quantitative estimate of drug-likeness (QED) is 0.632. The minimum atomic E-state index is -1.07. The molecule has 0 aliphatic heterocycles. The van der Waals surface area contributed by atoms with Gasteiger partial charge in [0.25, 0.3) is 0 Å². The predicted octanol–water partition coefficient (Wildman–Crippen LogP) is 2.77. The van der Waals surface area contributed by atoms with Crippen LogP contribution in [0, 0.1) is 18.2 Å². The van der Waals surface area contributed by atoms with Crippen LogP contribution in [-0.4, -0.2) is 24.2 Å². The Hall–Kier alpha value is -2.28. The van der Waals surface area contributed by atoms with Gasteiger partial charge in [0.15, 0.2) is 0 Å². The number of aliphatic carboxylic acids is 1. The molecule has 1 N–H and O–H groups in total. The van der Waals surface area contributed by atoms with Crippen LogP contribution in [0.15, 0.2) is 24.3 Å². The van der Waals surface area contributed by atoms with E-state index in [1.807, 2.05) is 11.8 Å². The molecule has 0 unspecified atom stereocenters. The molecule has 0 radical (unpaired) electrons. The zero-order valence-corrected chi connectivity index (χ0v) is 10.8. The first-order valence-corrected chi connectivity index (χ1v) is 5.96. The monoisotopic (exact) mass is 261 g/mol. The molecule has 0 aromatic heterocycles. The van der Waals surface area contributed by atoms with Gasteiger partial charge in [-0.2, -0.15) is 0 Å². The molecular formula is C15H16FNO2. The van der Waals surface area contributed by atoms with Crippen LogP contribution >= 0.6 is 0 Å². The maximum absolute atomic E-state index is 13.5. The minimum absolute atomic E-state index is 0.388. The van der Waals surface area contributed by atoms with Gasteiger partial charge in [-0.25, -0.2) is 9.18 Å². The third kappa shape index (κ3) is 4.84. The number of hydrogen-bond acceptors (Lipinski definition) is 2. The van der Waals surface area contributed by atoms with E-state index < -0.39 is 11.8 Å². The summed E-state index contributed by atoms with van der Waals surface area (Å²) in [4.78, 5) is 12.3. The highest BCUT2D eigenvalue weighted by Crippen LogP contribution is 2.19. The molecule has 0 atom stereocenters. The summed E-state index contributed by atoms with van der Waals surface area (Å²) in [6, 6.07) is 4.39. The average Bonchev–Trinajstić information content (AvgIpc) is 2.35. The summed E-state index contributed by atoms with van der Waals surface area (Å²) < 4.78 is 13.5. The van der Waals surface area contributed by atoms with Crippen molar-refractivity contribution >= 4 is 17.7 Å². The van der Waals surface area contributed by atoms with E-state index in [0.29, 0.717) is 17.8 Å². The van der Waals surface area contributed by atoms with Gasteiger partial charge in [0.1, 0.15) is 5.82 Å². The maximum atomic E-state index is 13.5. The number of nitrogens with zero attached hydrogens (tertiary/aromatic N) is 1. The van der Waals surface area contributed by atoms with Gasteiger partial charge in [0.05, 0.1) is 6.54 Å². The zero-order chi connectivity index (χ0) is 14.3. The summed E-state index contributed by atoms with van der Waals surface area (Å²) in [6.45, 7) is 3.11.